The molecule has 0 aliphatic rings. The van der Waals surface area contributed by atoms with E-state index in [0.717, 1.165) is 10.6 Å². The molecule has 1 aromatic carbocycles. The number of carbonyl (C=O) groups is 1. The first-order valence-electron chi connectivity index (χ1n) is 8.27. The van der Waals surface area contributed by atoms with E-state index in [1.54, 1.807) is 19.9 Å². The predicted molar refractivity (Wildman–Crippen MR) is 106 cm³/mol. The van der Waals surface area contributed by atoms with Crippen molar-refractivity contribution < 1.29 is 28.9 Å². The number of amides is 1. The molecule has 0 bridgehead atoms. The number of ether oxygens (including phenoxy) is 1. The molecule has 0 heterocycles. The number of nitrogens with zero attached hydrogens (tertiary/aromatic N) is 4. The molecular formula is C18H26N4O6. The summed E-state index contributed by atoms with van der Waals surface area (Å²) in [6, 6.07) is 5.48. The van der Waals surface area contributed by atoms with Gasteiger partial charge in [0.1, 0.15) is 32.2 Å². The van der Waals surface area contributed by atoms with E-state index in [1.807, 2.05) is 19.1 Å². The van der Waals surface area contributed by atoms with E-state index in [1.165, 1.54) is 28.4 Å². The monoisotopic (exact) mass is 394 g/mol. The van der Waals surface area contributed by atoms with Gasteiger partial charge in [0.25, 0.3) is 0 Å². The van der Waals surface area contributed by atoms with Crippen LogP contribution in [0.15, 0.2) is 33.7 Å². The minimum absolute atomic E-state index is 0.0739. The Morgan fingerprint density at radius 2 is 1.64 bits per heavy atom. The summed E-state index contributed by atoms with van der Waals surface area (Å²) in [5.74, 6) is 0. The van der Waals surface area contributed by atoms with Gasteiger partial charge in [-0.05, 0) is 32.4 Å². The van der Waals surface area contributed by atoms with Crippen molar-refractivity contribution in [3.8, 4) is 0 Å². The number of carbonyl (C=O) groups excluding carboxylic acids is 1. The van der Waals surface area contributed by atoms with Crippen molar-refractivity contribution in [3.63, 3.8) is 0 Å². The topological polar surface area (TPSA) is 104 Å². The van der Waals surface area contributed by atoms with Crippen molar-refractivity contribution in [2.75, 3.05) is 33.5 Å². The first kappa shape index (κ1) is 22.9. The molecule has 0 radical (unpaired) electrons. The minimum Gasteiger partial charge on any atom is -0.451 e. The fraction of sp³-hybridized carbons (Fsp3) is 0.444. The van der Waals surface area contributed by atoms with Gasteiger partial charge in [-0.1, -0.05) is 27.6 Å². The molecule has 0 unspecified atom stereocenters. The van der Waals surface area contributed by atoms with Crippen LogP contribution in [0.5, 0.6) is 0 Å². The molecule has 0 saturated heterocycles. The van der Waals surface area contributed by atoms with Crippen molar-refractivity contribution in [1.29, 1.82) is 0 Å². The molecule has 1 rings (SSSR count). The van der Waals surface area contributed by atoms with Crippen LogP contribution in [-0.4, -0.2) is 51.7 Å². The molecule has 10 heteroatoms. The summed E-state index contributed by atoms with van der Waals surface area (Å²) in [6.45, 7) is 5.36. The Labute approximate surface area is 164 Å². The van der Waals surface area contributed by atoms with Crippen LogP contribution in [0.1, 0.15) is 25.0 Å². The molecule has 1 aromatic rings. The highest BCUT2D eigenvalue weighted by Crippen LogP contribution is 2.24. The normalized spacial score (nSPS) is 12.5. The second kappa shape index (κ2) is 11.5. The quantitative estimate of drug-likeness (QED) is 0.471. The van der Waals surface area contributed by atoms with Gasteiger partial charge in [0.05, 0.1) is 19.9 Å². The zero-order valence-electron chi connectivity index (χ0n) is 17.2. The number of benzene rings is 1. The molecule has 1 amide bonds. The Kier molecular flexibility index (Phi) is 9.44. The van der Waals surface area contributed by atoms with Gasteiger partial charge < -0.3 is 19.2 Å². The SMILES string of the molecule is CO\N=C(C)/C(=N/OC)C(/C)=N\OCc1ccc(C)cc1N(OC)C(=O)OC. The average molecular weight is 394 g/mol. The van der Waals surface area contributed by atoms with Crippen molar-refractivity contribution in [2.45, 2.75) is 27.4 Å². The van der Waals surface area contributed by atoms with Crippen LogP contribution in [-0.2, 0) is 30.7 Å². The van der Waals surface area contributed by atoms with Crippen molar-refractivity contribution in [3.05, 3.63) is 29.3 Å². The molecule has 10 nitrogen and oxygen atoms in total. The average Bonchev–Trinajstić information content (AvgIpc) is 2.68. The second-order valence-electron chi connectivity index (χ2n) is 5.51. The fourth-order valence-corrected chi connectivity index (χ4v) is 2.25. The summed E-state index contributed by atoms with van der Waals surface area (Å²) in [7, 11) is 5.49. The van der Waals surface area contributed by atoms with Crippen molar-refractivity contribution in [2.24, 2.45) is 15.5 Å². The highest BCUT2D eigenvalue weighted by atomic mass is 16.7. The maximum absolute atomic E-state index is 11.9. The molecule has 0 atom stereocenters. The molecule has 0 aliphatic carbocycles. The van der Waals surface area contributed by atoms with Gasteiger partial charge in [-0.2, -0.15) is 5.06 Å². The Morgan fingerprint density at radius 1 is 1.00 bits per heavy atom. The maximum atomic E-state index is 11.9. The summed E-state index contributed by atoms with van der Waals surface area (Å²) in [6.07, 6.45) is -0.657. The smallest absolute Gasteiger partial charge is 0.438 e. The molecule has 0 spiro atoms. The summed E-state index contributed by atoms with van der Waals surface area (Å²) >= 11 is 0. The standard InChI is InChI=1S/C18H26N4O6/c1-12-8-9-15(16(10-12)22(27-7)18(23)24-4)11-28-20-14(3)17(21-26-6)13(2)19-25-5/h8-10H,11H2,1-7H3/b19-13-,20-14-,21-17-. The van der Waals surface area contributed by atoms with Gasteiger partial charge >= 0.3 is 6.09 Å². The number of rotatable bonds is 9. The van der Waals surface area contributed by atoms with E-state index in [9.17, 15) is 4.79 Å². The number of hydrogen-bond acceptors (Lipinski definition) is 9. The summed E-state index contributed by atoms with van der Waals surface area (Å²) in [5, 5.41) is 12.8. The van der Waals surface area contributed by atoms with E-state index in [2.05, 4.69) is 15.5 Å². The minimum atomic E-state index is -0.657. The molecule has 0 aliphatic heterocycles. The third-order valence-corrected chi connectivity index (χ3v) is 3.50. The van der Waals surface area contributed by atoms with Crippen LogP contribution in [0.4, 0.5) is 10.5 Å². The third-order valence-electron chi connectivity index (χ3n) is 3.50. The van der Waals surface area contributed by atoms with Crippen LogP contribution in [0.2, 0.25) is 0 Å². The van der Waals surface area contributed by atoms with Gasteiger partial charge in [0.2, 0.25) is 0 Å². The Balaban J connectivity index is 3.06. The summed E-state index contributed by atoms with van der Waals surface area (Å²) in [4.78, 5) is 32.1. The van der Waals surface area contributed by atoms with Crippen LogP contribution < -0.4 is 5.06 Å². The fourth-order valence-electron chi connectivity index (χ4n) is 2.25. The third kappa shape index (κ3) is 6.23. The van der Waals surface area contributed by atoms with E-state index in [4.69, 9.17) is 24.1 Å². The number of hydroxylamine groups is 1. The largest absolute Gasteiger partial charge is 0.451 e. The van der Waals surface area contributed by atoms with E-state index < -0.39 is 6.09 Å². The molecule has 0 saturated carbocycles. The molecule has 0 aromatic heterocycles. The van der Waals surface area contributed by atoms with Crippen LogP contribution in [0.25, 0.3) is 0 Å². The van der Waals surface area contributed by atoms with Gasteiger partial charge in [-0.3, -0.25) is 4.84 Å². The van der Waals surface area contributed by atoms with E-state index in [-0.39, 0.29) is 6.61 Å². The molecule has 0 N–H and O–H groups in total. The second-order valence-corrected chi connectivity index (χ2v) is 5.51. The lowest BCUT2D eigenvalue weighted by Gasteiger charge is -2.21. The van der Waals surface area contributed by atoms with Crippen LogP contribution in [0, 0.1) is 6.92 Å². The highest BCUT2D eigenvalue weighted by molar-refractivity contribution is 6.67. The Bertz CT molecular complexity index is 760. The van der Waals surface area contributed by atoms with Gasteiger partial charge in [-0.25, -0.2) is 4.79 Å². The molecule has 28 heavy (non-hydrogen) atoms. The lowest BCUT2D eigenvalue weighted by molar-refractivity contribution is 0.111. The van der Waals surface area contributed by atoms with E-state index in [0.29, 0.717) is 28.4 Å². The van der Waals surface area contributed by atoms with Gasteiger partial charge in [0.15, 0.2) is 5.71 Å². The van der Waals surface area contributed by atoms with E-state index >= 15 is 0 Å². The predicted octanol–water partition coefficient (Wildman–Crippen LogP) is 3.05. The molecule has 0 fully saturated rings. The molecular weight excluding hydrogens is 368 g/mol. The lowest BCUT2D eigenvalue weighted by Crippen LogP contribution is -2.30. The van der Waals surface area contributed by atoms with Gasteiger partial charge in [-0.15, -0.1) is 0 Å². The summed E-state index contributed by atoms with van der Waals surface area (Å²) < 4.78 is 4.74. The molecule has 154 valence electrons. The highest BCUT2D eigenvalue weighted by Gasteiger charge is 2.20. The van der Waals surface area contributed by atoms with Crippen LogP contribution in [0.3, 0.4) is 0 Å². The van der Waals surface area contributed by atoms with Crippen LogP contribution >= 0.6 is 0 Å². The number of hydrogen-bond donors (Lipinski definition) is 0. The zero-order valence-corrected chi connectivity index (χ0v) is 17.2. The number of anilines is 1. The van der Waals surface area contributed by atoms with Crippen molar-refractivity contribution in [1.82, 2.24) is 0 Å². The Morgan fingerprint density at radius 3 is 2.21 bits per heavy atom. The lowest BCUT2D eigenvalue weighted by atomic mass is 10.1. The van der Waals surface area contributed by atoms with Crippen molar-refractivity contribution >= 4 is 28.9 Å². The first-order valence-corrected chi connectivity index (χ1v) is 8.27. The summed E-state index contributed by atoms with van der Waals surface area (Å²) in [5.41, 5.74) is 3.38. The maximum Gasteiger partial charge on any atom is 0.438 e. The Hall–Kier alpha value is -3.14. The number of methoxy groups -OCH3 is 1. The first-order chi connectivity index (χ1) is 13.4. The van der Waals surface area contributed by atoms with Gasteiger partial charge in [0, 0.05) is 5.56 Å². The number of aryl methyl sites for hydroxylation is 1. The zero-order chi connectivity index (χ0) is 21.1. The number of oxime groups is 3.